The van der Waals surface area contributed by atoms with Gasteiger partial charge in [-0.2, -0.15) is 0 Å². The van der Waals surface area contributed by atoms with Gasteiger partial charge in [-0.15, -0.1) is 22.7 Å². The molecule has 4 nitrogen and oxygen atoms in total. The third kappa shape index (κ3) is 3.06. The Bertz CT molecular complexity index is 905. The van der Waals surface area contributed by atoms with Crippen molar-refractivity contribution in [2.75, 3.05) is 20.1 Å². The van der Waals surface area contributed by atoms with E-state index < -0.39 is 0 Å². The van der Waals surface area contributed by atoms with Crippen LogP contribution in [0.25, 0.3) is 20.7 Å². The van der Waals surface area contributed by atoms with E-state index >= 15 is 0 Å². The topological polar surface area (TPSA) is 49.0 Å². The number of thioether (sulfide) groups is 1. The van der Waals surface area contributed by atoms with Crippen LogP contribution in [0.5, 0.6) is 0 Å². The number of hydrogen-bond acceptors (Lipinski definition) is 6. The Labute approximate surface area is 152 Å². The van der Waals surface area contributed by atoms with Crippen LogP contribution in [-0.4, -0.2) is 40.3 Å². The number of aryl methyl sites for hydroxylation is 1. The van der Waals surface area contributed by atoms with Gasteiger partial charge in [-0.25, -0.2) is 4.98 Å². The minimum atomic E-state index is -0.0109. The standard InChI is InChI=1S/C17H19N3OS3/c1-10-13(12-4-3-9-22-12)14-15(21)18-17(19-16(14)23-10)24-11-5-7-20(2)8-6-11/h3-4,9,11H,5-8H2,1-2H3,(H,18,19,21). The van der Waals surface area contributed by atoms with Gasteiger partial charge in [-0.3, -0.25) is 4.79 Å². The first-order chi connectivity index (χ1) is 11.6. The molecule has 1 aliphatic rings. The first-order valence-electron chi connectivity index (χ1n) is 8.04. The van der Waals surface area contributed by atoms with Gasteiger partial charge in [0.2, 0.25) is 0 Å². The van der Waals surface area contributed by atoms with Crippen molar-refractivity contribution in [2.45, 2.75) is 30.2 Å². The normalized spacial score (nSPS) is 16.9. The van der Waals surface area contributed by atoms with Crippen molar-refractivity contribution < 1.29 is 0 Å². The average Bonchev–Trinajstić information content (AvgIpc) is 3.16. The smallest absolute Gasteiger partial charge is 0.260 e. The molecular weight excluding hydrogens is 358 g/mol. The lowest BCUT2D eigenvalue weighted by Crippen LogP contribution is -2.31. The lowest BCUT2D eigenvalue weighted by atomic mass is 10.1. The second-order valence-corrected chi connectivity index (χ2v) is 9.62. The number of fused-ring (bicyclic) bond motifs is 1. The number of nitrogens with zero attached hydrogens (tertiary/aromatic N) is 2. The van der Waals surface area contributed by atoms with E-state index in [2.05, 4.69) is 29.9 Å². The van der Waals surface area contributed by atoms with Crippen LogP contribution >= 0.6 is 34.4 Å². The van der Waals surface area contributed by atoms with Crippen LogP contribution in [0.3, 0.4) is 0 Å². The number of aromatic amines is 1. The summed E-state index contributed by atoms with van der Waals surface area (Å²) in [6, 6.07) is 4.09. The number of likely N-dealkylation sites (tertiary alicyclic amines) is 1. The van der Waals surface area contributed by atoms with Crippen LogP contribution in [0.2, 0.25) is 0 Å². The van der Waals surface area contributed by atoms with E-state index in [0.29, 0.717) is 5.25 Å². The summed E-state index contributed by atoms with van der Waals surface area (Å²) in [5, 5.41) is 4.10. The fourth-order valence-corrected chi connectivity index (χ4v) is 6.19. The molecular formula is C17H19N3OS3. The van der Waals surface area contributed by atoms with Crippen molar-refractivity contribution in [1.82, 2.24) is 14.9 Å². The van der Waals surface area contributed by atoms with Gasteiger partial charge in [-0.1, -0.05) is 17.8 Å². The highest BCUT2D eigenvalue weighted by atomic mass is 32.2. The predicted molar refractivity (Wildman–Crippen MR) is 105 cm³/mol. The number of nitrogens with one attached hydrogen (secondary N) is 1. The van der Waals surface area contributed by atoms with E-state index in [0.717, 1.165) is 56.6 Å². The molecule has 0 radical (unpaired) electrons. The largest absolute Gasteiger partial charge is 0.306 e. The van der Waals surface area contributed by atoms with Gasteiger partial charge >= 0.3 is 0 Å². The van der Waals surface area contributed by atoms with Crippen molar-refractivity contribution in [1.29, 1.82) is 0 Å². The van der Waals surface area contributed by atoms with E-state index in [9.17, 15) is 4.79 Å². The summed E-state index contributed by atoms with van der Waals surface area (Å²) in [6.07, 6.45) is 2.29. The van der Waals surface area contributed by atoms with Crippen LogP contribution in [-0.2, 0) is 0 Å². The Kier molecular flexibility index (Phi) is 4.51. The van der Waals surface area contributed by atoms with Gasteiger partial charge in [-0.05, 0) is 51.3 Å². The number of rotatable bonds is 3. The summed E-state index contributed by atoms with van der Waals surface area (Å²) >= 11 is 5.01. The fraction of sp³-hybridized carbons (Fsp3) is 0.412. The Morgan fingerprint density at radius 3 is 2.88 bits per heavy atom. The second-order valence-electron chi connectivity index (χ2n) is 6.18. The summed E-state index contributed by atoms with van der Waals surface area (Å²) in [5.74, 6) is 0. The molecule has 0 spiro atoms. The number of H-pyrrole nitrogens is 1. The molecule has 0 aliphatic carbocycles. The van der Waals surface area contributed by atoms with Crippen molar-refractivity contribution in [3.05, 3.63) is 32.7 Å². The maximum Gasteiger partial charge on any atom is 0.260 e. The molecule has 0 unspecified atom stereocenters. The Hall–Kier alpha value is -1.15. The number of thiophene rings is 2. The lowest BCUT2D eigenvalue weighted by Gasteiger charge is -2.27. The SMILES string of the molecule is Cc1sc2nc(SC3CCN(C)CC3)[nH]c(=O)c2c1-c1cccs1. The maximum atomic E-state index is 12.7. The highest BCUT2D eigenvalue weighted by Gasteiger charge is 2.21. The van der Waals surface area contributed by atoms with E-state index in [1.54, 1.807) is 34.4 Å². The molecule has 24 heavy (non-hydrogen) atoms. The maximum absolute atomic E-state index is 12.7. The molecule has 3 aromatic rings. The van der Waals surface area contributed by atoms with E-state index in [1.807, 2.05) is 11.4 Å². The summed E-state index contributed by atoms with van der Waals surface area (Å²) in [6.45, 7) is 4.31. The number of aromatic nitrogens is 2. The zero-order valence-corrected chi connectivity index (χ0v) is 16.1. The Morgan fingerprint density at radius 1 is 1.38 bits per heavy atom. The molecule has 4 rings (SSSR count). The van der Waals surface area contributed by atoms with Gasteiger partial charge in [0, 0.05) is 20.6 Å². The highest BCUT2D eigenvalue weighted by molar-refractivity contribution is 7.99. The van der Waals surface area contributed by atoms with Crippen molar-refractivity contribution in [3.63, 3.8) is 0 Å². The molecule has 0 atom stereocenters. The molecule has 126 valence electrons. The van der Waals surface area contributed by atoms with Gasteiger partial charge < -0.3 is 9.88 Å². The molecule has 7 heteroatoms. The monoisotopic (exact) mass is 377 g/mol. The molecule has 0 saturated carbocycles. The molecule has 0 aromatic carbocycles. The molecule has 1 N–H and O–H groups in total. The van der Waals surface area contributed by atoms with Gasteiger partial charge in [0.05, 0.1) is 5.39 Å². The lowest BCUT2D eigenvalue weighted by molar-refractivity contribution is 0.282. The first kappa shape index (κ1) is 16.3. The summed E-state index contributed by atoms with van der Waals surface area (Å²) in [4.78, 5) is 26.0. The third-order valence-corrected chi connectivity index (χ3v) is 7.54. The van der Waals surface area contributed by atoms with Crippen molar-refractivity contribution in [2.24, 2.45) is 0 Å². The highest BCUT2D eigenvalue weighted by Crippen LogP contribution is 2.38. The van der Waals surface area contributed by atoms with Crippen LogP contribution in [0.15, 0.2) is 27.5 Å². The zero-order chi connectivity index (χ0) is 16.7. The van der Waals surface area contributed by atoms with Crippen LogP contribution in [0, 0.1) is 6.92 Å². The molecule has 0 amide bonds. The fourth-order valence-electron chi connectivity index (χ4n) is 3.13. The van der Waals surface area contributed by atoms with Crippen molar-refractivity contribution >= 4 is 44.7 Å². The molecule has 3 aromatic heterocycles. The van der Waals surface area contributed by atoms with E-state index in [1.165, 1.54) is 0 Å². The Balaban J connectivity index is 1.70. The number of hydrogen-bond donors (Lipinski definition) is 1. The summed E-state index contributed by atoms with van der Waals surface area (Å²) in [7, 11) is 2.16. The van der Waals surface area contributed by atoms with Gasteiger partial charge in [0.1, 0.15) is 4.83 Å². The van der Waals surface area contributed by atoms with Crippen LogP contribution in [0.1, 0.15) is 17.7 Å². The van der Waals surface area contributed by atoms with Gasteiger partial charge in [0.25, 0.3) is 5.56 Å². The molecule has 1 saturated heterocycles. The van der Waals surface area contributed by atoms with Crippen LogP contribution < -0.4 is 5.56 Å². The van der Waals surface area contributed by atoms with E-state index in [4.69, 9.17) is 4.98 Å². The van der Waals surface area contributed by atoms with Gasteiger partial charge in [0.15, 0.2) is 5.16 Å². The quantitative estimate of drug-likeness (QED) is 0.695. The minimum absolute atomic E-state index is 0.0109. The second kappa shape index (κ2) is 6.63. The molecule has 1 aliphatic heterocycles. The number of piperidine rings is 1. The zero-order valence-electron chi connectivity index (χ0n) is 13.7. The Morgan fingerprint density at radius 2 is 2.17 bits per heavy atom. The first-order valence-corrected chi connectivity index (χ1v) is 10.6. The predicted octanol–water partition coefficient (Wildman–Crippen LogP) is 4.21. The molecule has 1 fully saturated rings. The third-order valence-electron chi connectivity index (χ3n) is 4.43. The minimum Gasteiger partial charge on any atom is -0.306 e. The van der Waals surface area contributed by atoms with Crippen LogP contribution in [0.4, 0.5) is 0 Å². The summed E-state index contributed by atoms with van der Waals surface area (Å²) < 4.78 is 0. The molecule has 4 heterocycles. The van der Waals surface area contributed by atoms with Crippen molar-refractivity contribution in [3.8, 4) is 10.4 Å². The average molecular weight is 378 g/mol. The molecule has 0 bridgehead atoms. The van der Waals surface area contributed by atoms with E-state index in [-0.39, 0.29) is 5.56 Å². The summed E-state index contributed by atoms with van der Waals surface area (Å²) in [5.41, 5.74) is 1.04.